The molecule has 208 valence electrons. The fraction of sp³-hybridized carbons (Fsp3) is 0.607. The first-order valence-electron chi connectivity index (χ1n) is 13.4. The van der Waals surface area contributed by atoms with Crippen LogP contribution in [0.1, 0.15) is 61.7 Å². The molecule has 1 aromatic rings. The minimum Gasteiger partial charge on any atom is -0.493 e. The molecule has 2 fully saturated rings. The number of aliphatic hydroxyl groups excluding tert-OH is 2. The van der Waals surface area contributed by atoms with Crippen molar-refractivity contribution in [3.05, 3.63) is 32.9 Å². The van der Waals surface area contributed by atoms with Crippen LogP contribution in [0, 0.1) is 15.4 Å². The van der Waals surface area contributed by atoms with E-state index in [1.807, 2.05) is 22.6 Å². The molecule has 4 rings (SSSR count). The molecule has 2 saturated carbocycles. The number of ether oxygens (including phenoxy) is 2. The Morgan fingerprint density at radius 2 is 1.92 bits per heavy atom. The molecule has 0 bridgehead atoms. The van der Waals surface area contributed by atoms with Crippen molar-refractivity contribution in [3.8, 4) is 11.5 Å². The molecule has 38 heavy (non-hydrogen) atoms. The van der Waals surface area contributed by atoms with Crippen molar-refractivity contribution in [3.63, 3.8) is 0 Å². The van der Waals surface area contributed by atoms with Gasteiger partial charge in [-0.2, -0.15) is 0 Å². The van der Waals surface area contributed by atoms with Gasteiger partial charge in [-0.25, -0.2) is 0 Å². The first kappa shape index (κ1) is 28.8. The van der Waals surface area contributed by atoms with Gasteiger partial charge < -0.3 is 29.9 Å². The molecule has 3 aliphatic rings. The Morgan fingerprint density at radius 1 is 1.18 bits per heavy atom. The van der Waals surface area contributed by atoms with Gasteiger partial charge in [-0.3, -0.25) is 14.4 Å². The number of aliphatic hydroxyl groups is 2. The summed E-state index contributed by atoms with van der Waals surface area (Å²) in [5.41, 5.74) is 0.820. The summed E-state index contributed by atoms with van der Waals surface area (Å²) < 4.78 is 12.4. The monoisotopic (exact) mass is 640 g/mol. The highest BCUT2D eigenvalue weighted by Crippen LogP contribution is 2.38. The van der Waals surface area contributed by atoms with E-state index in [2.05, 4.69) is 5.32 Å². The molecule has 0 aliphatic heterocycles. The number of halogens is 1. The predicted octanol–water partition coefficient (Wildman–Crippen LogP) is 2.85. The Labute approximate surface area is 237 Å². The highest BCUT2D eigenvalue weighted by atomic mass is 127. The number of hydrogen-bond donors (Lipinski definition) is 3. The van der Waals surface area contributed by atoms with Gasteiger partial charge in [-0.1, -0.05) is 12.8 Å². The predicted molar refractivity (Wildman–Crippen MR) is 149 cm³/mol. The average Bonchev–Trinajstić information content (AvgIpc) is 3.60. The quantitative estimate of drug-likeness (QED) is 0.237. The third kappa shape index (κ3) is 7.06. The summed E-state index contributed by atoms with van der Waals surface area (Å²) in [6.07, 6.45) is 7.42. The summed E-state index contributed by atoms with van der Waals surface area (Å²) in [5, 5.41) is 23.5. The molecule has 0 unspecified atom stereocenters. The van der Waals surface area contributed by atoms with Crippen molar-refractivity contribution in [1.29, 1.82) is 0 Å². The molecule has 10 heteroatoms. The minimum atomic E-state index is -1.08. The summed E-state index contributed by atoms with van der Waals surface area (Å²) in [6.45, 7) is 0.456. The van der Waals surface area contributed by atoms with E-state index in [1.165, 1.54) is 7.11 Å². The van der Waals surface area contributed by atoms with Crippen LogP contribution in [-0.2, 0) is 9.59 Å². The highest BCUT2D eigenvalue weighted by Gasteiger charge is 2.42. The number of amides is 2. The van der Waals surface area contributed by atoms with E-state index in [-0.39, 0.29) is 31.4 Å². The van der Waals surface area contributed by atoms with Crippen molar-refractivity contribution in [2.24, 2.45) is 11.8 Å². The molecule has 3 aliphatic carbocycles. The van der Waals surface area contributed by atoms with Crippen molar-refractivity contribution in [2.75, 3.05) is 26.8 Å². The molecule has 9 nitrogen and oxygen atoms in total. The van der Waals surface area contributed by atoms with Crippen LogP contribution in [0.25, 0.3) is 0 Å². The SMILES string of the molecule is COc1cc(C=O)cc(I)c1O[C@H]1C=C(C(=O)NCCO)C[C@@H](N(CC2CC2)C(=O)CC2CCCC2)[C@@H]1O. The number of carbonyl (C=O) groups is 3. The van der Waals surface area contributed by atoms with Crippen LogP contribution in [0.15, 0.2) is 23.8 Å². The lowest BCUT2D eigenvalue weighted by molar-refractivity contribution is -0.140. The standard InChI is InChI=1S/C28H37IN2O7/c1-37-24-11-19(16-33)10-21(29)27(24)38-23-14-20(28(36)30-8-9-32)13-22(26(23)35)31(15-18-6-7-18)25(34)12-17-4-2-3-5-17/h10-11,14,16-18,22-23,26,32,35H,2-9,12-13,15H2,1H3,(H,30,36)/t22-,23+,26+/m1/s1. The highest BCUT2D eigenvalue weighted by molar-refractivity contribution is 14.1. The number of nitrogens with zero attached hydrogens (tertiary/aromatic N) is 1. The second-order valence-corrected chi connectivity index (χ2v) is 11.7. The van der Waals surface area contributed by atoms with Crippen molar-refractivity contribution in [2.45, 2.75) is 69.6 Å². The molecule has 0 aromatic heterocycles. The van der Waals surface area contributed by atoms with E-state index in [0.29, 0.717) is 51.0 Å². The number of aldehydes is 1. The Morgan fingerprint density at radius 3 is 2.55 bits per heavy atom. The molecule has 3 N–H and O–H groups in total. The van der Waals surface area contributed by atoms with Crippen LogP contribution in [-0.4, -0.2) is 78.3 Å². The minimum absolute atomic E-state index is 0.0195. The van der Waals surface area contributed by atoms with Crippen molar-refractivity contribution < 1.29 is 34.1 Å². The summed E-state index contributed by atoms with van der Waals surface area (Å²) in [6, 6.07) is 2.58. The van der Waals surface area contributed by atoms with Gasteiger partial charge in [-0.15, -0.1) is 0 Å². The average molecular weight is 641 g/mol. The third-order valence-corrected chi connectivity index (χ3v) is 8.47. The molecule has 3 atom stereocenters. The Kier molecular flexibility index (Phi) is 10.1. The fourth-order valence-corrected chi connectivity index (χ4v) is 6.17. The molecule has 0 heterocycles. The van der Waals surface area contributed by atoms with Crippen LogP contribution in [0.4, 0.5) is 0 Å². The van der Waals surface area contributed by atoms with E-state index in [1.54, 1.807) is 23.1 Å². The first-order valence-corrected chi connectivity index (χ1v) is 14.5. The molecule has 0 spiro atoms. The topological polar surface area (TPSA) is 125 Å². The van der Waals surface area contributed by atoms with Gasteiger partial charge in [-0.05, 0) is 78.3 Å². The van der Waals surface area contributed by atoms with Crippen LogP contribution >= 0.6 is 22.6 Å². The first-order chi connectivity index (χ1) is 18.3. The Bertz CT molecular complexity index is 1050. The lowest BCUT2D eigenvalue weighted by Crippen LogP contribution is -2.55. The lowest BCUT2D eigenvalue weighted by atomic mass is 9.87. The number of nitrogens with one attached hydrogen (secondary N) is 1. The number of hydrogen-bond acceptors (Lipinski definition) is 7. The summed E-state index contributed by atoms with van der Waals surface area (Å²) in [7, 11) is 1.47. The Balaban J connectivity index is 1.65. The van der Waals surface area contributed by atoms with E-state index >= 15 is 0 Å². The molecule has 0 radical (unpaired) electrons. The van der Waals surface area contributed by atoms with Gasteiger partial charge in [0.1, 0.15) is 18.5 Å². The summed E-state index contributed by atoms with van der Waals surface area (Å²) >= 11 is 2.04. The van der Waals surface area contributed by atoms with Crippen LogP contribution < -0.4 is 14.8 Å². The van der Waals surface area contributed by atoms with E-state index in [0.717, 1.165) is 44.8 Å². The number of methoxy groups -OCH3 is 1. The normalized spacial score (nSPS) is 23.5. The second-order valence-electron chi connectivity index (χ2n) is 10.5. The number of carbonyl (C=O) groups excluding carboxylic acids is 3. The van der Waals surface area contributed by atoms with Crippen LogP contribution in [0.5, 0.6) is 11.5 Å². The van der Waals surface area contributed by atoms with Crippen molar-refractivity contribution >= 4 is 40.7 Å². The number of benzene rings is 1. The van der Waals surface area contributed by atoms with Gasteiger partial charge in [0.05, 0.1) is 23.3 Å². The third-order valence-electron chi connectivity index (χ3n) is 7.67. The maximum Gasteiger partial charge on any atom is 0.247 e. The lowest BCUT2D eigenvalue weighted by Gasteiger charge is -2.41. The van der Waals surface area contributed by atoms with Gasteiger partial charge in [0.15, 0.2) is 11.5 Å². The maximum absolute atomic E-state index is 13.6. The largest absolute Gasteiger partial charge is 0.493 e. The summed E-state index contributed by atoms with van der Waals surface area (Å²) in [4.78, 5) is 39.7. The second kappa shape index (κ2) is 13.3. The zero-order valence-electron chi connectivity index (χ0n) is 21.7. The van der Waals surface area contributed by atoms with Crippen LogP contribution in [0.2, 0.25) is 0 Å². The molecule has 1 aromatic carbocycles. The molecular formula is C28H37IN2O7. The zero-order chi connectivity index (χ0) is 27.2. The van der Waals surface area contributed by atoms with Gasteiger partial charge in [0, 0.05) is 37.1 Å². The summed E-state index contributed by atoms with van der Waals surface area (Å²) in [5.74, 6) is 1.11. The molecular weight excluding hydrogens is 603 g/mol. The van der Waals surface area contributed by atoms with E-state index in [9.17, 15) is 24.6 Å². The number of rotatable bonds is 12. The fourth-order valence-electron chi connectivity index (χ4n) is 5.42. The Hall–Kier alpha value is -2.18. The smallest absolute Gasteiger partial charge is 0.247 e. The van der Waals surface area contributed by atoms with E-state index in [4.69, 9.17) is 9.47 Å². The van der Waals surface area contributed by atoms with Crippen LogP contribution in [0.3, 0.4) is 0 Å². The molecule has 2 amide bonds. The zero-order valence-corrected chi connectivity index (χ0v) is 23.9. The molecule has 0 saturated heterocycles. The van der Waals surface area contributed by atoms with E-state index < -0.39 is 18.2 Å². The van der Waals surface area contributed by atoms with Gasteiger partial charge in [0.2, 0.25) is 11.8 Å². The van der Waals surface area contributed by atoms with Crippen molar-refractivity contribution in [1.82, 2.24) is 10.2 Å². The van der Waals surface area contributed by atoms with Gasteiger partial charge >= 0.3 is 0 Å². The maximum atomic E-state index is 13.6. The van der Waals surface area contributed by atoms with Gasteiger partial charge in [0.25, 0.3) is 0 Å².